The van der Waals surface area contributed by atoms with Crippen LogP contribution in [0.3, 0.4) is 0 Å². The van der Waals surface area contributed by atoms with Gasteiger partial charge >= 0.3 is 73.3 Å². The fourth-order valence-corrected chi connectivity index (χ4v) is 3.11. The van der Waals surface area contributed by atoms with Gasteiger partial charge in [-0.1, -0.05) is 0 Å². The van der Waals surface area contributed by atoms with Gasteiger partial charge in [-0.25, -0.2) is 0 Å². The van der Waals surface area contributed by atoms with Gasteiger partial charge in [0.25, 0.3) is 0 Å². The van der Waals surface area contributed by atoms with Crippen LogP contribution in [-0.2, 0) is 6.61 Å². The molecule has 1 nitrogen and oxygen atoms in total. The normalized spacial score (nSPS) is 9.80. The van der Waals surface area contributed by atoms with Crippen LogP contribution in [0.25, 0.3) is 0 Å². The maximum atomic E-state index is 8.84. The van der Waals surface area contributed by atoms with E-state index in [1.165, 1.54) is 4.46 Å². The number of benzene rings is 1. The van der Waals surface area contributed by atoms with Crippen molar-refractivity contribution in [1.29, 1.82) is 0 Å². The first-order valence-electron chi connectivity index (χ1n) is 2.86. The standard InChI is InChI=1S/C7H7BrOSe/c8-10-7-4-2-1-3-6(7)5-9/h1-4,9H,5H2. The zero-order valence-electron chi connectivity index (χ0n) is 5.25. The molecule has 0 aliphatic heterocycles. The van der Waals surface area contributed by atoms with E-state index < -0.39 is 0 Å². The van der Waals surface area contributed by atoms with Crippen molar-refractivity contribution in [2.24, 2.45) is 0 Å². The maximum absolute atomic E-state index is 8.84. The van der Waals surface area contributed by atoms with E-state index in [4.69, 9.17) is 5.11 Å². The van der Waals surface area contributed by atoms with E-state index in [1.54, 1.807) is 0 Å². The molecule has 0 atom stereocenters. The second kappa shape index (κ2) is 4.14. The minimum atomic E-state index is 0.142. The van der Waals surface area contributed by atoms with Crippen LogP contribution >= 0.6 is 14.1 Å². The number of hydrogen-bond donors (Lipinski definition) is 1. The zero-order chi connectivity index (χ0) is 7.40. The van der Waals surface area contributed by atoms with Gasteiger partial charge in [0.2, 0.25) is 0 Å². The van der Waals surface area contributed by atoms with E-state index in [2.05, 4.69) is 14.1 Å². The molecule has 0 heterocycles. The third-order valence-corrected chi connectivity index (χ3v) is 4.22. The molecule has 0 aromatic heterocycles. The molecule has 0 radical (unpaired) electrons. The molecule has 10 heavy (non-hydrogen) atoms. The summed E-state index contributed by atoms with van der Waals surface area (Å²) in [5, 5.41) is 8.84. The molecule has 0 aliphatic rings. The van der Waals surface area contributed by atoms with Gasteiger partial charge in [-0.3, -0.25) is 0 Å². The van der Waals surface area contributed by atoms with Crippen LogP contribution in [-0.4, -0.2) is 18.3 Å². The Bertz CT molecular complexity index is 192. The summed E-state index contributed by atoms with van der Waals surface area (Å²) in [6.45, 7) is 0.142. The van der Waals surface area contributed by atoms with Crippen molar-refractivity contribution < 1.29 is 5.11 Å². The Hall–Kier alpha value is 0.179. The Kier molecular flexibility index (Phi) is 3.43. The van der Waals surface area contributed by atoms with E-state index in [1.807, 2.05) is 24.3 Å². The molecule has 0 unspecified atom stereocenters. The molecule has 0 amide bonds. The molecule has 3 heteroatoms. The minimum absolute atomic E-state index is 0.142. The molecule has 1 rings (SSSR count). The van der Waals surface area contributed by atoms with Gasteiger partial charge in [0.1, 0.15) is 0 Å². The molecular weight excluding hydrogens is 259 g/mol. The third kappa shape index (κ3) is 1.83. The van der Waals surface area contributed by atoms with E-state index in [9.17, 15) is 0 Å². The second-order valence-corrected chi connectivity index (χ2v) is 4.77. The Labute approximate surface area is 73.3 Å². The summed E-state index contributed by atoms with van der Waals surface area (Å²) in [4.78, 5) is 0. The van der Waals surface area contributed by atoms with Crippen molar-refractivity contribution in [2.45, 2.75) is 6.61 Å². The molecule has 0 fully saturated rings. The van der Waals surface area contributed by atoms with Crippen LogP contribution < -0.4 is 4.46 Å². The van der Waals surface area contributed by atoms with Crippen molar-refractivity contribution in [3.63, 3.8) is 0 Å². The Balaban J connectivity index is 2.96. The summed E-state index contributed by atoms with van der Waals surface area (Å²) in [6.07, 6.45) is 0. The van der Waals surface area contributed by atoms with Crippen LogP contribution in [0.1, 0.15) is 5.56 Å². The molecule has 1 aromatic carbocycles. The van der Waals surface area contributed by atoms with Crippen LogP contribution in [0, 0.1) is 0 Å². The van der Waals surface area contributed by atoms with Gasteiger partial charge in [-0.15, -0.1) is 0 Å². The van der Waals surface area contributed by atoms with Gasteiger partial charge in [-0.2, -0.15) is 0 Å². The molecule has 0 aliphatic carbocycles. The summed E-state index contributed by atoms with van der Waals surface area (Å²) in [5.74, 6) is 0. The average Bonchev–Trinajstić information content (AvgIpc) is 2.04. The van der Waals surface area contributed by atoms with Gasteiger partial charge in [0.05, 0.1) is 0 Å². The first-order valence-corrected chi connectivity index (χ1v) is 7.72. The SMILES string of the molecule is OCc1ccccc1[Se]Br. The summed E-state index contributed by atoms with van der Waals surface area (Å²) in [5.41, 5.74) is 1.03. The van der Waals surface area contributed by atoms with E-state index in [0.717, 1.165) is 5.56 Å². The monoisotopic (exact) mass is 266 g/mol. The van der Waals surface area contributed by atoms with Crippen molar-refractivity contribution in [3.8, 4) is 0 Å². The molecule has 0 saturated heterocycles. The molecule has 0 bridgehead atoms. The van der Waals surface area contributed by atoms with Gasteiger partial charge < -0.3 is 0 Å². The summed E-state index contributed by atoms with van der Waals surface area (Å²) >= 11 is 3.71. The first-order chi connectivity index (χ1) is 4.88. The Morgan fingerprint density at radius 1 is 1.40 bits per heavy atom. The third-order valence-electron chi connectivity index (χ3n) is 1.23. The topological polar surface area (TPSA) is 20.2 Å². The van der Waals surface area contributed by atoms with Crippen molar-refractivity contribution in [2.75, 3.05) is 0 Å². The second-order valence-electron chi connectivity index (χ2n) is 1.84. The number of aliphatic hydroxyl groups excluding tert-OH is 1. The quantitative estimate of drug-likeness (QED) is 0.786. The number of aliphatic hydroxyl groups is 1. The van der Waals surface area contributed by atoms with Crippen LogP contribution in [0.4, 0.5) is 0 Å². The summed E-state index contributed by atoms with van der Waals surface area (Å²) < 4.78 is 1.22. The molecule has 1 aromatic rings. The number of hydrogen-bond acceptors (Lipinski definition) is 1. The fourth-order valence-electron chi connectivity index (χ4n) is 0.710. The van der Waals surface area contributed by atoms with E-state index in [-0.39, 0.29) is 6.61 Å². The first kappa shape index (κ1) is 8.28. The van der Waals surface area contributed by atoms with Crippen LogP contribution in [0.15, 0.2) is 24.3 Å². The van der Waals surface area contributed by atoms with Crippen molar-refractivity contribution in [1.82, 2.24) is 0 Å². The number of halogens is 1. The predicted molar refractivity (Wildman–Crippen MR) is 46.7 cm³/mol. The Morgan fingerprint density at radius 2 is 2.10 bits per heavy atom. The van der Waals surface area contributed by atoms with E-state index >= 15 is 0 Å². The van der Waals surface area contributed by atoms with Crippen molar-refractivity contribution in [3.05, 3.63) is 29.8 Å². The fraction of sp³-hybridized carbons (Fsp3) is 0.143. The summed E-state index contributed by atoms with van der Waals surface area (Å²) in [7, 11) is 0. The predicted octanol–water partition coefficient (Wildman–Crippen LogP) is 0.818. The van der Waals surface area contributed by atoms with E-state index in [0.29, 0.717) is 13.1 Å². The molecule has 0 saturated carbocycles. The Morgan fingerprint density at radius 3 is 2.60 bits per heavy atom. The molecule has 1 N–H and O–H groups in total. The van der Waals surface area contributed by atoms with Crippen LogP contribution in [0.2, 0.25) is 0 Å². The average molecular weight is 266 g/mol. The summed E-state index contributed by atoms with van der Waals surface area (Å²) in [6, 6.07) is 7.89. The molecular formula is C7H7BrOSe. The zero-order valence-corrected chi connectivity index (χ0v) is 8.55. The van der Waals surface area contributed by atoms with Crippen LogP contribution in [0.5, 0.6) is 0 Å². The number of rotatable bonds is 2. The van der Waals surface area contributed by atoms with Gasteiger partial charge in [-0.05, 0) is 0 Å². The van der Waals surface area contributed by atoms with Gasteiger partial charge in [0.15, 0.2) is 0 Å². The van der Waals surface area contributed by atoms with Gasteiger partial charge in [0, 0.05) is 0 Å². The van der Waals surface area contributed by atoms with Crippen molar-refractivity contribution >= 4 is 31.7 Å². The molecule has 54 valence electrons. The molecule has 0 spiro atoms.